The second kappa shape index (κ2) is 2.76. The highest BCUT2D eigenvalue weighted by atomic mass is 16.3. The first kappa shape index (κ1) is 8.44. The molecule has 3 heteroatoms. The van der Waals surface area contributed by atoms with E-state index in [4.69, 9.17) is 5.11 Å². The third-order valence-corrected chi connectivity index (χ3v) is 2.52. The number of carbonyl (C=O) groups excluding carboxylic acids is 1. The van der Waals surface area contributed by atoms with Crippen LogP contribution in [0.3, 0.4) is 0 Å². The molecule has 0 amide bonds. The minimum absolute atomic E-state index is 0.269. The minimum atomic E-state index is -0.304. The van der Waals surface area contributed by atoms with E-state index < -0.39 is 0 Å². The van der Waals surface area contributed by atoms with Crippen LogP contribution in [0.2, 0.25) is 0 Å². The molecule has 1 saturated carbocycles. The maximum absolute atomic E-state index is 10.1. The van der Waals surface area contributed by atoms with E-state index in [-0.39, 0.29) is 11.6 Å². The van der Waals surface area contributed by atoms with Gasteiger partial charge in [0.05, 0.1) is 11.6 Å². The van der Waals surface area contributed by atoms with Crippen LogP contribution in [0.25, 0.3) is 0 Å². The second-order valence-corrected chi connectivity index (χ2v) is 3.52. The Morgan fingerprint density at radius 3 is 2.45 bits per heavy atom. The number of hydrogen-bond acceptors (Lipinski definition) is 3. The Morgan fingerprint density at radius 1 is 1.64 bits per heavy atom. The molecule has 1 rings (SSSR count). The van der Waals surface area contributed by atoms with Crippen LogP contribution < -0.4 is 0 Å². The van der Waals surface area contributed by atoms with Gasteiger partial charge in [-0.2, -0.15) is 4.99 Å². The molecule has 11 heavy (non-hydrogen) atoms. The van der Waals surface area contributed by atoms with Crippen molar-refractivity contribution in [1.82, 2.24) is 0 Å². The summed E-state index contributed by atoms with van der Waals surface area (Å²) in [6.45, 7) is 4.01. The molecule has 0 bridgehead atoms. The van der Waals surface area contributed by atoms with Gasteiger partial charge in [-0.3, -0.25) is 0 Å². The molecule has 0 unspecified atom stereocenters. The van der Waals surface area contributed by atoms with Crippen LogP contribution in [-0.4, -0.2) is 22.8 Å². The summed E-state index contributed by atoms with van der Waals surface area (Å²) in [5, 5.41) is 9.07. The fourth-order valence-corrected chi connectivity index (χ4v) is 1.54. The summed E-state index contributed by atoms with van der Waals surface area (Å²) in [6, 6.07) is 0. The fourth-order valence-electron chi connectivity index (χ4n) is 1.54. The molecule has 0 spiro atoms. The van der Waals surface area contributed by atoms with Crippen molar-refractivity contribution in [2.24, 2.45) is 10.9 Å². The maximum Gasteiger partial charge on any atom is 0.235 e. The molecule has 1 aliphatic carbocycles. The number of isocyanates is 1. The Morgan fingerprint density at radius 2 is 2.18 bits per heavy atom. The van der Waals surface area contributed by atoms with Crippen LogP contribution >= 0.6 is 0 Å². The summed E-state index contributed by atoms with van der Waals surface area (Å²) < 4.78 is 0. The average molecular weight is 155 g/mol. The zero-order valence-electron chi connectivity index (χ0n) is 6.87. The number of aliphatic imine (C=N–C) groups is 1. The van der Waals surface area contributed by atoms with Gasteiger partial charge in [0.25, 0.3) is 0 Å². The first-order valence-corrected chi connectivity index (χ1v) is 3.88. The van der Waals surface area contributed by atoms with Gasteiger partial charge in [0.1, 0.15) is 0 Å². The van der Waals surface area contributed by atoms with Gasteiger partial charge in [-0.15, -0.1) is 0 Å². The van der Waals surface area contributed by atoms with E-state index in [0.29, 0.717) is 18.8 Å². The summed E-state index contributed by atoms with van der Waals surface area (Å²) >= 11 is 0. The third-order valence-electron chi connectivity index (χ3n) is 2.52. The molecule has 3 nitrogen and oxygen atoms in total. The van der Waals surface area contributed by atoms with Crippen molar-refractivity contribution < 1.29 is 9.90 Å². The molecular formula is C8H13NO2. The van der Waals surface area contributed by atoms with Crippen LogP contribution in [0.15, 0.2) is 4.99 Å². The average Bonchev–Trinajstić information content (AvgIpc) is 1.84. The van der Waals surface area contributed by atoms with Crippen molar-refractivity contribution in [3.63, 3.8) is 0 Å². The minimum Gasteiger partial charge on any atom is -0.393 e. The lowest BCUT2D eigenvalue weighted by atomic mass is 9.68. The normalized spacial score (nSPS) is 36.2. The molecule has 0 heterocycles. The van der Waals surface area contributed by atoms with E-state index in [9.17, 15) is 4.79 Å². The summed E-state index contributed by atoms with van der Waals surface area (Å²) in [7, 11) is 0. The molecule has 1 aliphatic rings. The van der Waals surface area contributed by atoms with Gasteiger partial charge in [-0.05, 0) is 18.8 Å². The van der Waals surface area contributed by atoms with Gasteiger partial charge >= 0.3 is 0 Å². The molecular weight excluding hydrogens is 142 g/mol. The Kier molecular flexibility index (Phi) is 2.12. The summed E-state index contributed by atoms with van der Waals surface area (Å²) in [5.41, 5.74) is -0.304. The van der Waals surface area contributed by atoms with E-state index in [2.05, 4.69) is 4.99 Å². The Balaban J connectivity index is 2.68. The van der Waals surface area contributed by atoms with Gasteiger partial charge in [0, 0.05) is 0 Å². The number of aliphatic hydroxyl groups is 1. The zero-order chi connectivity index (χ0) is 8.48. The van der Waals surface area contributed by atoms with E-state index >= 15 is 0 Å². The largest absolute Gasteiger partial charge is 0.393 e. The van der Waals surface area contributed by atoms with E-state index in [0.717, 1.165) is 0 Å². The molecule has 0 radical (unpaired) electrons. The third kappa shape index (κ3) is 1.35. The number of aliphatic hydroxyl groups excluding tert-OH is 1. The van der Waals surface area contributed by atoms with Gasteiger partial charge in [-0.25, -0.2) is 4.79 Å². The monoisotopic (exact) mass is 155 g/mol. The molecule has 0 saturated heterocycles. The molecule has 1 N–H and O–H groups in total. The predicted molar refractivity (Wildman–Crippen MR) is 40.9 cm³/mol. The van der Waals surface area contributed by atoms with E-state index in [1.165, 1.54) is 0 Å². The van der Waals surface area contributed by atoms with Crippen molar-refractivity contribution in [2.75, 3.05) is 0 Å². The first-order valence-electron chi connectivity index (χ1n) is 3.88. The SMILES string of the molecule is CC(C)C1(N=C=O)CC(O)C1. The number of hydrogen-bond donors (Lipinski definition) is 1. The fraction of sp³-hybridized carbons (Fsp3) is 0.875. The highest BCUT2D eigenvalue weighted by Crippen LogP contribution is 2.41. The Hall–Kier alpha value is -0.660. The molecule has 0 aliphatic heterocycles. The lowest BCUT2D eigenvalue weighted by Crippen LogP contribution is -2.49. The van der Waals surface area contributed by atoms with Crippen LogP contribution in [0, 0.1) is 5.92 Å². The standard InChI is InChI=1S/C8H13NO2/c1-6(2)8(9-5-10)3-7(11)4-8/h6-7,11H,3-4H2,1-2H3. The highest BCUT2D eigenvalue weighted by molar-refractivity contribution is 5.36. The number of nitrogens with zero attached hydrogens (tertiary/aromatic N) is 1. The highest BCUT2D eigenvalue weighted by Gasteiger charge is 2.46. The van der Waals surface area contributed by atoms with E-state index in [1.807, 2.05) is 13.8 Å². The first-order chi connectivity index (χ1) is 5.10. The lowest BCUT2D eigenvalue weighted by Gasteiger charge is -2.43. The topological polar surface area (TPSA) is 49.7 Å². The summed E-state index contributed by atoms with van der Waals surface area (Å²) in [5.74, 6) is 0.312. The van der Waals surface area contributed by atoms with Crippen molar-refractivity contribution in [3.8, 4) is 0 Å². The van der Waals surface area contributed by atoms with Crippen LogP contribution in [0.4, 0.5) is 0 Å². The second-order valence-electron chi connectivity index (χ2n) is 3.52. The quantitative estimate of drug-likeness (QED) is 0.475. The Bertz CT molecular complexity index is 188. The van der Waals surface area contributed by atoms with Crippen molar-refractivity contribution in [3.05, 3.63) is 0 Å². The molecule has 0 atom stereocenters. The zero-order valence-corrected chi connectivity index (χ0v) is 6.87. The number of rotatable bonds is 2. The smallest absolute Gasteiger partial charge is 0.235 e. The molecule has 0 aromatic carbocycles. The van der Waals surface area contributed by atoms with Crippen LogP contribution in [-0.2, 0) is 4.79 Å². The predicted octanol–water partition coefficient (Wildman–Crippen LogP) is 0.872. The van der Waals surface area contributed by atoms with Crippen molar-refractivity contribution >= 4 is 6.08 Å². The van der Waals surface area contributed by atoms with Gasteiger partial charge in [0.15, 0.2) is 0 Å². The van der Waals surface area contributed by atoms with Crippen molar-refractivity contribution in [2.45, 2.75) is 38.3 Å². The van der Waals surface area contributed by atoms with Gasteiger partial charge in [-0.1, -0.05) is 13.8 Å². The maximum atomic E-state index is 10.1. The lowest BCUT2D eigenvalue weighted by molar-refractivity contribution is 0.00114. The summed E-state index contributed by atoms with van der Waals surface area (Å²) in [6.07, 6.45) is 2.53. The van der Waals surface area contributed by atoms with Crippen LogP contribution in [0.1, 0.15) is 26.7 Å². The van der Waals surface area contributed by atoms with Crippen LogP contribution in [0.5, 0.6) is 0 Å². The summed E-state index contributed by atoms with van der Waals surface area (Å²) in [4.78, 5) is 13.8. The van der Waals surface area contributed by atoms with Gasteiger partial charge in [0.2, 0.25) is 6.08 Å². The van der Waals surface area contributed by atoms with Gasteiger partial charge < -0.3 is 5.11 Å². The molecule has 1 fully saturated rings. The molecule has 0 aromatic rings. The molecule has 62 valence electrons. The van der Waals surface area contributed by atoms with E-state index in [1.54, 1.807) is 6.08 Å². The molecule has 0 aromatic heterocycles. The Labute approximate surface area is 66.1 Å². The van der Waals surface area contributed by atoms with Crippen molar-refractivity contribution in [1.29, 1.82) is 0 Å².